The molecule has 2 aromatic heterocycles. The number of pyridine rings is 1. The van der Waals surface area contributed by atoms with Crippen molar-refractivity contribution in [2.75, 3.05) is 28.6 Å². The number of aryl methyl sites for hydroxylation is 1. The lowest BCUT2D eigenvalue weighted by Crippen LogP contribution is -2.31. The van der Waals surface area contributed by atoms with Crippen molar-refractivity contribution < 1.29 is 17.9 Å². The Balaban J connectivity index is 1.41. The van der Waals surface area contributed by atoms with Gasteiger partial charge in [0.05, 0.1) is 5.52 Å². The molecule has 0 unspecified atom stereocenters. The Morgan fingerprint density at radius 1 is 0.778 bits per heavy atom. The van der Waals surface area contributed by atoms with E-state index >= 15 is 0 Å². The van der Waals surface area contributed by atoms with E-state index in [4.69, 9.17) is 0 Å². The number of aromatic nitrogens is 4. The van der Waals surface area contributed by atoms with Crippen molar-refractivity contribution in [2.45, 2.75) is 32.5 Å². The summed E-state index contributed by atoms with van der Waals surface area (Å²) in [4.78, 5) is 20.3. The van der Waals surface area contributed by atoms with Gasteiger partial charge in [0.1, 0.15) is 5.75 Å². The van der Waals surface area contributed by atoms with Crippen molar-refractivity contribution in [3.8, 4) is 5.75 Å². The molecule has 0 aliphatic carbocycles. The van der Waals surface area contributed by atoms with Crippen LogP contribution in [0.1, 0.15) is 25.0 Å². The molecule has 0 atom stereocenters. The molecule has 3 heterocycles. The number of hydrogen-bond acceptors (Lipinski definition) is 8. The first-order chi connectivity index (χ1) is 17.3. The number of rotatable bonds is 6. The number of anilines is 5. The van der Waals surface area contributed by atoms with Crippen LogP contribution in [0.15, 0.2) is 54.6 Å². The number of nitrogens with zero attached hydrogens (tertiary/aromatic N) is 5. The van der Waals surface area contributed by atoms with Crippen LogP contribution in [0.25, 0.3) is 10.9 Å². The third-order valence-corrected chi connectivity index (χ3v) is 5.69. The highest BCUT2D eigenvalue weighted by Gasteiger charge is 2.31. The minimum Gasteiger partial charge on any atom is -0.406 e. The summed E-state index contributed by atoms with van der Waals surface area (Å²) in [6.07, 6.45) is -1.48. The Kier molecular flexibility index (Phi) is 6.45. The Labute approximate surface area is 205 Å². The Morgan fingerprint density at radius 2 is 1.44 bits per heavy atom. The summed E-state index contributed by atoms with van der Waals surface area (Å²) < 4.78 is 41.3. The fourth-order valence-electron chi connectivity index (χ4n) is 4.02. The van der Waals surface area contributed by atoms with E-state index in [-0.39, 0.29) is 11.7 Å². The molecule has 0 amide bonds. The summed E-state index contributed by atoms with van der Waals surface area (Å²) >= 11 is 0. The highest BCUT2D eigenvalue weighted by Crippen LogP contribution is 2.27. The van der Waals surface area contributed by atoms with Crippen molar-refractivity contribution in [3.05, 3.63) is 60.3 Å². The molecule has 0 saturated carbocycles. The summed E-state index contributed by atoms with van der Waals surface area (Å²) in [5.41, 5.74) is 3.15. The number of hydrogen-bond donors (Lipinski definition) is 2. The number of fused-ring (bicyclic) bond motifs is 1. The van der Waals surface area contributed by atoms with E-state index in [0.29, 0.717) is 17.6 Å². The largest absolute Gasteiger partial charge is 0.573 e. The van der Waals surface area contributed by atoms with Gasteiger partial charge < -0.3 is 20.3 Å². The first kappa shape index (κ1) is 23.6. The molecule has 0 spiro atoms. The SMILES string of the molecule is Cc1ccc2cc(Nc3nc(Nc4ccc(OC(F)(F)F)cc4)nc(N4CCCCC4)n3)ccc2n1. The average molecular weight is 496 g/mol. The van der Waals surface area contributed by atoms with E-state index in [0.717, 1.165) is 54.6 Å². The molecule has 0 bridgehead atoms. The Hall–Kier alpha value is -4.15. The van der Waals surface area contributed by atoms with E-state index in [1.54, 1.807) is 0 Å². The highest BCUT2D eigenvalue weighted by molar-refractivity contribution is 5.83. The van der Waals surface area contributed by atoms with Gasteiger partial charge in [0.15, 0.2) is 0 Å². The number of alkyl halides is 3. The first-order valence-corrected chi connectivity index (χ1v) is 11.6. The van der Waals surface area contributed by atoms with E-state index in [1.807, 2.05) is 37.3 Å². The molecule has 36 heavy (non-hydrogen) atoms. The summed E-state index contributed by atoms with van der Waals surface area (Å²) in [6.45, 7) is 3.63. The molecule has 2 N–H and O–H groups in total. The smallest absolute Gasteiger partial charge is 0.406 e. The number of ether oxygens (including phenoxy) is 1. The van der Waals surface area contributed by atoms with Gasteiger partial charge in [-0.25, -0.2) is 0 Å². The van der Waals surface area contributed by atoms with E-state index in [9.17, 15) is 13.2 Å². The van der Waals surface area contributed by atoms with Crippen LogP contribution in [0.2, 0.25) is 0 Å². The van der Waals surface area contributed by atoms with Gasteiger partial charge in [0.25, 0.3) is 0 Å². The van der Waals surface area contributed by atoms with Crippen LogP contribution in [0.3, 0.4) is 0 Å². The summed E-state index contributed by atoms with van der Waals surface area (Å²) in [7, 11) is 0. The quantitative estimate of drug-likeness (QED) is 0.332. The van der Waals surface area contributed by atoms with E-state index in [1.165, 1.54) is 24.3 Å². The molecule has 8 nitrogen and oxygen atoms in total. The van der Waals surface area contributed by atoms with Crippen LogP contribution in [0, 0.1) is 6.92 Å². The van der Waals surface area contributed by atoms with Gasteiger partial charge in [0, 0.05) is 35.5 Å². The standard InChI is InChI=1S/C25H24F3N7O/c1-16-5-6-17-15-19(9-12-21(17)29-16)31-23-32-22(33-24(34-23)35-13-3-2-4-14-35)30-18-7-10-20(11-8-18)36-25(26,27)28/h5-12,15H,2-4,13-14H2,1H3,(H2,30,31,32,33,34). The summed E-state index contributed by atoms with van der Waals surface area (Å²) in [5, 5.41) is 7.29. The van der Waals surface area contributed by atoms with Crippen LogP contribution in [0.5, 0.6) is 5.75 Å². The van der Waals surface area contributed by atoms with E-state index in [2.05, 4.69) is 40.2 Å². The monoisotopic (exact) mass is 495 g/mol. The van der Waals surface area contributed by atoms with Crippen molar-refractivity contribution in [1.29, 1.82) is 0 Å². The second-order valence-electron chi connectivity index (χ2n) is 8.51. The summed E-state index contributed by atoms with van der Waals surface area (Å²) in [5.74, 6) is 0.853. The second-order valence-corrected chi connectivity index (χ2v) is 8.51. The van der Waals surface area contributed by atoms with Crippen LogP contribution in [-0.2, 0) is 0 Å². The number of benzene rings is 2. The van der Waals surface area contributed by atoms with Gasteiger partial charge >= 0.3 is 6.36 Å². The maximum Gasteiger partial charge on any atom is 0.573 e. The average Bonchev–Trinajstić information content (AvgIpc) is 2.85. The molecule has 186 valence electrons. The maximum absolute atomic E-state index is 12.5. The predicted molar refractivity (Wildman–Crippen MR) is 132 cm³/mol. The molecular weight excluding hydrogens is 471 g/mol. The molecule has 1 saturated heterocycles. The van der Waals surface area contributed by atoms with Crippen molar-refractivity contribution in [1.82, 2.24) is 19.9 Å². The van der Waals surface area contributed by atoms with Gasteiger partial charge in [-0.2, -0.15) is 15.0 Å². The predicted octanol–water partition coefficient (Wildman–Crippen LogP) is 6.10. The summed E-state index contributed by atoms with van der Waals surface area (Å²) in [6, 6.07) is 15.2. The van der Waals surface area contributed by atoms with Gasteiger partial charge in [-0.3, -0.25) is 4.98 Å². The molecule has 4 aromatic rings. The zero-order chi connectivity index (χ0) is 25.1. The lowest BCUT2D eigenvalue weighted by molar-refractivity contribution is -0.274. The van der Waals surface area contributed by atoms with Gasteiger partial charge in [-0.1, -0.05) is 6.07 Å². The molecule has 1 fully saturated rings. The number of nitrogens with one attached hydrogen (secondary N) is 2. The van der Waals surface area contributed by atoms with Gasteiger partial charge in [0.2, 0.25) is 17.8 Å². The fourth-order valence-corrected chi connectivity index (χ4v) is 4.02. The molecule has 5 rings (SSSR count). The van der Waals surface area contributed by atoms with E-state index < -0.39 is 6.36 Å². The molecular formula is C25H24F3N7O. The Morgan fingerprint density at radius 3 is 2.14 bits per heavy atom. The minimum atomic E-state index is -4.75. The number of halogens is 3. The zero-order valence-corrected chi connectivity index (χ0v) is 19.5. The third kappa shape index (κ3) is 5.91. The topological polar surface area (TPSA) is 88.1 Å². The van der Waals surface area contributed by atoms with Crippen LogP contribution in [-0.4, -0.2) is 39.4 Å². The lowest BCUT2D eigenvalue weighted by Gasteiger charge is -2.27. The molecule has 0 radical (unpaired) electrons. The van der Waals surface area contributed by atoms with Crippen LogP contribution >= 0.6 is 0 Å². The zero-order valence-electron chi connectivity index (χ0n) is 19.5. The fraction of sp³-hybridized carbons (Fsp3) is 0.280. The third-order valence-electron chi connectivity index (χ3n) is 5.69. The molecule has 2 aromatic carbocycles. The van der Waals surface area contributed by atoms with Crippen molar-refractivity contribution in [3.63, 3.8) is 0 Å². The Bertz CT molecular complexity index is 1360. The van der Waals surface area contributed by atoms with Gasteiger partial charge in [-0.15, -0.1) is 13.2 Å². The van der Waals surface area contributed by atoms with Crippen LogP contribution < -0.4 is 20.3 Å². The normalized spacial score (nSPS) is 14.1. The minimum absolute atomic E-state index is 0.274. The molecule has 1 aliphatic rings. The van der Waals surface area contributed by atoms with Crippen molar-refractivity contribution in [2.24, 2.45) is 0 Å². The highest BCUT2D eigenvalue weighted by atomic mass is 19.4. The maximum atomic E-state index is 12.5. The molecule has 11 heteroatoms. The second kappa shape index (κ2) is 9.84. The van der Waals surface area contributed by atoms with Crippen molar-refractivity contribution >= 4 is 40.1 Å². The van der Waals surface area contributed by atoms with Crippen LogP contribution in [0.4, 0.5) is 42.4 Å². The molecule has 1 aliphatic heterocycles. The number of piperidine rings is 1. The lowest BCUT2D eigenvalue weighted by atomic mass is 10.1. The van der Waals surface area contributed by atoms with Gasteiger partial charge in [-0.05, 0) is 74.7 Å². The first-order valence-electron chi connectivity index (χ1n) is 11.6.